The molecule has 0 saturated carbocycles. The molecule has 0 aliphatic carbocycles. The Morgan fingerprint density at radius 1 is 1.17 bits per heavy atom. The number of rotatable bonds is 7. The predicted molar refractivity (Wildman–Crippen MR) is 92.5 cm³/mol. The van der Waals surface area contributed by atoms with Crippen molar-refractivity contribution in [2.24, 2.45) is 0 Å². The van der Waals surface area contributed by atoms with Crippen molar-refractivity contribution in [3.8, 4) is 0 Å². The lowest BCUT2D eigenvalue weighted by Gasteiger charge is -2.26. The summed E-state index contributed by atoms with van der Waals surface area (Å²) in [6.45, 7) is 0. The molecule has 0 spiro atoms. The Kier molecular flexibility index (Phi) is 5.96. The maximum absolute atomic E-state index is 12.9. The monoisotopic (exact) mass is 370 g/mol. The molecule has 2 rings (SSSR count). The zero-order chi connectivity index (χ0) is 17.7. The fourth-order valence-corrected chi connectivity index (χ4v) is 3.76. The molecule has 0 unspecified atom stereocenters. The molecule has 128 valence electrons. The summed E-state index contributed by atoms with van der Waals surface area (Å²) in [5.74, 6) is -0.923. The van der Waals surface area contributed by atoms with Crippen LogP contribution in [-0.4, -0.2) is 19.1 Å². The highest BCUT2D eigenvalue weighted by Crippen LogP contribution is 2.60. The first-order chi connectivity index (χ1) is 11.4. The van der Waals surface area contributed by atoms with Crippen LogP contribution >= 0.6 is 19.2 Å². The van der Waals surface area contributed by atoms with Gasteiger partial charge in [0, 0.05) is 25.3 Å². The largest absolute Gasteiger partial charge is 0.362 e. The Labute approximate surface area is 144 Å². The molecule has 1 atom stereocenters. The predicted octanol–water partition coefficient (Wildman–Crippen LogP) is 4.84. The van der Waals surface area contributed by atoms with Crippen molar-refractivity contribution in [3.63, 3.8) is 0 Å². The Morgan fingerprint density at radius 3 is 2.33 bits per heavy atom. The molecule has 0 aliphatic heterocycles. The van der Waals surface area contributed by atoms with Crippen molar-refractivity contribution in [3.05, 3.63) is 69.2 Å². The Balaban J connectivity index is 2.51. The van der Waals surface area contributed by atoms with Gasteiger partial charge >= 0.3 is 7.60 Å². The van der Waals surface area contributed by atoms with E-state index in [0.717, 1.165) is 0 Å². The lowest BCUT2D eigenvalue weighted by atomic mass is 10.2. The van der Waals surface area contributed by atoms with E-state index in [1.165, 1.54) is 32.4 Å². The fraction of sp³-hybridized carbons (Fsp3) is 0.200. The van der Waals surface area contributed by atoms with Gasteiger partial charge in [0.2, 0.25) is 0 Å². The van der Waals surface area contributed by atoms with E-state index in [1.54, 1.807) is 30.3 Å². The molecule has 0 saturated heterocycles. The number of halogens is 1. The molecule has 9 heteroatoms. The highest BCUT2D eigenvalue weighted by atomic mass is 35.5. The zero-order valence-corrected chi connectivity index (χ0v) is 14.7. The molecular formula is C15H16ClN2O5P. The van der Waals surface area contributed by atoms with Crippen LogP contribution in [0.25, 0.3) is 0 Å². The smallest absolute Gasteiger partial charge is 0.356 e. The van der Waals surface area contributed by atoms with E-state index >= 15 is 0 Å². The lowest BCUT2D eigenvalue weighted by Crippen LogP contribution is -2.14. The first kappa shape index (κ1) is 18.4. The Hall–Kier alpha value is -1.92. The minimum Gasteiger partial charge on any atom is -0.362 e. The second kappa shape index (κ2) is 7.77. The zero-order valence-electron chi connectivity index (χ0n) is 13.0. The molecule has 7 nitrogen and oxygen atoms in total. The van der Waals surface area contributed by atoms with Crippen LogP contribution in [0.1, 0.15) is 11.3 Å². The first-order valence-corrected chi connectivity index (χ1v) is 8.87. The van der Waals surface area contributed by atoms with Crippen LogP contribution in [0.5, 0.6) is 0 Å². The topological polar surface area (TPSA) is 90.7 Å². The second-order valence-electron chi connectivity index (χ2n) is 4.78. The van der Waals surface area contributed by atoms with Crippen LogP contribution < -0.4 is 5.32 Å². The van der Waals surface area contributed by atoms with E-state index in [0.29, 0.717) is 5.56 Å². The standard InChI is InChI=1S/C15H16ClN2O5P/c1-22-24(21,23-2)15(11-6-4-3-5-7-11)17-13-9-8-12(16)10-14(13)18(19)20/h3-10,15,17H,1-2H3/t15-/m0/s1. The van der Waals surface area contributed by atoms with Crippen LogP contribution in [-0.2, 0) is 13.6 Å². The van der Waals surface area contributed by atoms with Crippen molar-refractivity contribution in [2.45, 2.75) is 5.78 Å². The molecule has 24 heavy (non-hydrogen) atoms. The molecule has 0 heterocycles. The molecule has 0 radical (unpaired) electrons. The quantitative estimate of drug-likeness (QED) is 0.426. The average Bonchev–Trinajstić information content (AvgIpc) is 2.60. The van der Waals surface area contributed by atoms with E-state index < -0.39 is 18.3 Å². The summed E-state index contributed by atoms with van der Waals surface area (Å²) in [6.07, 6.45) is 0. The third-order valence-corrected chi connectivity index (χ3v) is 5.70. The maximum atomic E-state index is 12.9. The molecular weight excluding hydrogens is 355 g/mol. The van der Waals surface area contributed by atoms with Crippen molar-refractivity contribution < 1.29 is 18.5 Å². The summed E-state index contributed by atoms with van der Waals surface area (Å²) >= 11 is 5.82. The number of nitro groups is 1. The lowest BCUT2D eigenvalue weighted by molar-refractivity contribution is -0.384. The summed E-state index contributed by atoms with van der Waals surface area (Å²) in [6, 6.07) is 12.9. The van der Waals surface area contributed by atoms with Gasteiger partial charge in [0.25, 0.3) is 5.69 Å². The third-order valence-electron chi connectivity index (χ3n) is 3.39. The summed E-state index contributed by atoms with van der Waals surface area (Å²) in [5.41, 5.74) is 0.531. The minimum absolute atomic E-state index is 0.160. The molecule has 0 fully saturated rings. The minimum atomic E-state index is -3.61. The average molecular weight is 371 g/mol. The van der Waals surface area contributed by atoms with Crippen LogP contribution in [0.2, 0.25) is 5.02 Å². The van der Waals surface area contributed by atoms with Crippen LogP contribution in [0, 0.1) is 10.1 Å². The Bertz CT molecular complexity index is 764. The summed E-state index contributed by atoms with van der Waals surface area (Å²) in [7, 11) is -1.08. The summed E-state index contributed by atoms with van der Waals surface area (Å²) in [4.78, 5) is 10.7. The van der Waals surface area contributed by atoms with Gasteiger partial charge in [-0.1, -0.05) is 41.9 Å². The van der Waals surface area contributed by atoms with Gasteiger partial charge in [0.15, 0.2) is 5.78 Å². The van der Waals surface area contributed by atoms with E-state index in [-0.39, 0.29) is 16.4 Å². The van der Waals surface area contributed by atoms with Gasteiger partial charge in [0.05, 0.1) is 4.92 Å². The maximum Gasteiger partial charge on any atom is 0.356 e. The third kappa shape index (κ3) is 3.94. The highest BCUT2D eigenvalue weighted by molar-refractivity contribution is 7.54. The normalized spacial score (nSPS) is 12.6. The van der Waals surface area contributed by atoms with Gasteiger partial charge in [-0.3, -0.25) is 14.7 Å². The number of hydrogen-bond acceptors (Lipinski definition) is 6. The number of nitrogens with zero attached hydrogens (tertiary/aromatic N) is 1. The van der Waals surface area contributed by atoms with Crippen molar-refractivity contribution in [2.75, 3.05) is 19.5 Å². The molecule has 1 N–H and O–H groups in total. The van der Waals surface area contributed by atoms with Gasteiger partial charge in [-0.05, 0) is 17.7 Å². The molecule has 0 aromatic heterocycles. The van der Waals surface area contributed by atoms with Crippen LogP contribution in [0.15, 0.2) is 48.5 Å². The molecule has 2 aromatic rings. The molecule has 0 aliphatic rings. The molecule has 0 bridgehead atoms. The van der Waals surface area contributed by atoms with Crippen molar-refractivity contribution in [1.29, 1.82) is 0 Å². The summed E-state index contributed by atoms with van der Waals surface area (Å²) in [5, 5.41) is 14.4. The van der Waals surface area contributed by atoms with Gasteiger partial charge < -0.3 is 14.4 Å². The van der Waals surface area contributed by atoms with E-state index in [9.17, 15) is 14.7 Å². The number of benzene rings is 2. The number of nitro benzene ring substituents is 1. The number of nitrogens with one attached hydrogen (secondary N) is 1. The fourth-order valence-electron chi connectivity index (χ4n) is 2.19. The molecule has 2 aromatic carbocycles. The molecule has 0 amide bonds. The van der Waals surface area contributed by atoms with E-state index in [1.807, 2.05) is 0 Å². The second-order valence-corrected chi connectivity index (χ2v) is 7.54. The highest BCUT2D eigenvalue weighted by Gasteiger charge is 2.36. The van der Waals surface area contributed by atoms with Crippen molar-refractivity contribution >= 4 is 30.6 Å². The number of hydrogen-bond donors (Lipinski definition) is 1. The van der Waals surface area contributed by atoms with E-state index in [4.69, 9.17) is 20.6 Å². The van der Waals surface area contributed by atoms with E-state index in [2.05, 4.69) is 5.32 Å². The van der Waals surface area contributed by atoms with Crippen LogP contribution in [0.3, 0.4) is 0 Å². The number of anilines is 1. The first-order valence-electron chi connectivity index (χ1n) is 6.88. The van der Waals surface area contributed by atoms with Crippen LogP contribution in [0.4, 0.5) is 11.4 Å². The van der Waals surface area contributed by atoms with Crippen molar-refractivity contribution in [1.82, 2.24) is 0 Å². The summed E-state index contributed by atoms with van der Waals surface area (Å²) < 4.78 is 23.1. The van der Waals surface area contributed by atoms with Gasteiger partial charge in [0.1, 0.15) is 5.69 Å². The SMILES string of the molecule is COP(=O)(OC)[C@H](Nc1ccc(Cl)cc1[N+](=O)[O-])c1ccccc1. The van der Waals surface area contributed by atoms with Gasteiger partial charge in [-0.2, -0.15) is 0 Å². The Morgan fingerprint density at radius 2 is 1.79 bits per heavy atom. The van der Waals surface area contributed by atoms with Gasteiger partial charge in [-0.25, -0.2) is 0 Å². The van der Waals surface area contributed by atoms with Gasteiger partial charge in [-0.15, -0.1) is 0 Å².